The lowest BCUT2D eigenvalue weighted by Gasteiger charge is -2.08. The van der Waals surface area contributed by atoms with Gasteiger partial charge in [0.1, 0.15) is 18.6 Å². The third-order valence-electron chi connectivity index (χ3n) is 2.30. The highest BCUT2D eigenvalue weighted by molar-refractivity contribution is 5.74. The Balaban J connectivity index is 2.72. The summed E-state index contributed by atoms with van der Waals surface area (Å²) >= 11 is 0. The van der Waals surface area contributed by atoms with Crippen molar-refractivity contribution in [3.63, 3.8) is 0 Å². The van der Waals surface area contributed by atoms with Crippen LogP contribution in [0.15, 0.2) is 35.9 Å². The number of hydrogen-bond donors (Lipinski definition) is 0. The Hall–Kier alpha value is -1.83. The van der Waals surface area contributed by atoms with Crippen LogP contribution in [-0.4, -0.2) is 12.9 Å². The van der Waals surface area contributed by atoms with E-state index in [1.54, 1.807) is 6.08 Å². The van der Waals surface area contributed by atoms with Crippen LogP contribution < -0.4 is 4.74 Å². The molecule has 17 heavy (non-hydrogen) atoms. The summed E-state index contributed by atoms with van der Waals surface area (Å²) in [5.74, 6) is 0.880. The molecule has 0 radical (unpaired) electrons. The Morgan fingerprint density at radius 1 is 1.35 bits per heavy atom. The van der Waals surface area contributed by atoms with Crippen LogP contribution in [0.5, 0.6) is 5.75 Å². The summed E-state index contributed by atoms with van der Waals surface area (Å²) in [5.41, 5.74) is 3.32. The monoisotopic (exact) mass is 230 g/mol. The lowest BCUT2D eigenvalue weighted by molar-refractivity contribution is -0.104. The summed E-state index contributed by atoms with van der Waals surface area (Å²) in [7, 11) is 0. The predicted octanol–water partition coefficient (Wildman–Crippen LogP) is 3.55. The third kappa shape index (κ3) is 4.68. The van der Waals surface area contributed by atoms with Crippen molar-refractivity contribution in [1.29, 1.82) is 0 Å². The molecule has 0 atom stereocenters. The fourth-order valence-electron chi connectivity index (χ4n) is 1.39. The Morgan fingerprint density at radius 3 is 2.71 bits per heavy atom. The van der Waals surface area contributed by atoms with E-state index in [-0.39, 0.29) is 0 Å². The number of hydrogen-bond acceptors (Lipinski definition) is 2. The SMILES string of the molecule is CC(C)=CCOc1ccc(/C=C/C=O)cc1C. The van der Waals surface area contributed by atoms with Crippen LogP contribution >= 0.6 is 0 Å². The fourth-order valence-corrected chi connectivity index (χ4v) is 1.39. The van der Waals surface area contributed by atoms with E-state index in [0.29, 0.717) is 6.61 Å². The molecule has 1 aromatic rings. The lowest BCUT2D eigenvalue weighted by Crippen LogP contribution is -1.96. The lowest BCUT2D eigenvalue weighted by atomic mass is 10.1. The van der Waals surface area contributed by atoms with E-state index in [9.17, 15) is 4.79 Å². The number of rotatable bonds is 5. The van der Waals surface area contributed by atoms with Gasteiger partial charge in [0, 0.05) is 0 Å². The van der Waals surface area contributed by atoms with Crippen LogP contribution in [0, 0.1) is 6.92 Å². The van der Waals surface area contributed by atoms with Gasteiger partial charge in [-0.3, -0.25) is 4.79 Å². The number of allylic oxidation sites excluding steroid dienone is 2. The molecular formula is C15H18O2. The van der Waals surface area contributed by atoms with Crippen LogP contribution in [0.25, 0.3) is 6.08 Å². The zero-order valence-electron chi connectivity index (χ0n) is 10.6. The van der Waals surface area contributed by atoms with Crippen molar-refractivity contribution >= 4 is 12.4 Å². The normalized spacial score (nSPS) is 10.3. The Kier molecular flexibility index (Phi) is 5.21. The topological polar surface area (TPSA) is 26.3 Å². The molecule has 90 valence electrons. The average Bonchev–Trinajstić information content (AvgIpc) is 2.28. The Labute approximate surface area is 103 Å². The maximum absolute atomic E-state index is 10.2. The molecule has 0 aliphatic heterocycles. The summed E-state index contributed by atoms with van der Waals surface area (Å²) in [4.78, 5) is 10.2. The van der Waals surface area contributed by atoms with Crippen molar-refractivity contribution in [3.05, 3.63) is 47.1 Å². The highest BCUT2D eigenvalue weighted by Gasteiger charge is 1.98. The van der Waals surface area contributed by atoms with Gasteiger partial charge in [0.15, 0.2) is 0 Å². The number of ether oxygens (including phenoxy) is 1. The van der Waals surface area contributed by atoms with Crippen molar-refractivity contribution in [2.75, 3.05) is 6.61 Å². The highest BCUT2D eigenvalue weighted by atomic mass is 16.5. The van der Waals surface area contributed by atoms with Crippen LogP contribution in [0.3, 0.4) is 0 Å². The van der Waals surface area contributed by atoms with Crippen molar-refractivity contribution < 1.29 is 9.53 Å². The average molecular weight is 230 g/mol. The predicted molar refractivity (Wildman–Crippen MR) is 71.2 cm³/mol. The van der Waals surface area contributed by atoms with Gasteiger partial charge < -0.3 is 4.74 Å². The maximum atomic E-state index is 10.2. The summed E-state index contributed by atoms with van der Waals surface area (Å²) in [5, 5.41) is 0. The molecule has 0 unspecified atom stereocenters. The molecule has 0 spiro atoms. The zero-order chi connectivity index (χ0) is 12.7. The molecule has 0 aliphatic rings. The van der Waals surface area contributed by atoms with Gasteiger partial charge >= 0.3 is 0 Å². The van der Waals surface area contributed by atoms with Crippen LogP contribution in [0.1, 0.15) is 25.0 Å². The van der Waals surface area contributed by atoms with E-state index < -0.39 is 0 Å². The van der Waals surface area contributed by atoms with Gasteiger partial charge in [0.25, 0.3) is 0 Å². The van der Waals surface area contributed by atoms with Crippen LogP contribution in [-0.2, 0) is 4.79 Å². The van der Waals surface area contributed by atoms with Crippen molar-refractivity contribution in [3.8, 4) is 5.75 Å². The largest absolute Gasteiger partial charge is 0.489 e. The molecule has 0 amide bonds. The molecule has 2 heteroatoms. The molecule has 0 bridgehead atoms. The minimum Gasteiger partial charge on any atom is -0.489 e. The second-order valence-electron chi connectivity index (χ2n) is 4.11. The molecule has 0 fully saturated rings. The molecule has 2 nitrogen and oxygen atoms in total. The minimum atomic E-state index is 0.590. The number of aldehydes is 1. The van der Waals surface area contributed by atoms with E-state index in [0.717, 1.165) is 23.2 Å². The van der Waals surface area contributed by atoms with Gasteiger partial charge in [-0.1, -0.05) is 17.7 Å². The number of benzene rings is 1. The first kappa shape index (κ1) is 13.2. The van der Waals surface area contributed by atoms with Crippen molar-refractivity contribution in [2.24, 2.45) is 0 Å². The smallest absolute Gasteiger partial charge is 0.142 e. The molecular weight excluding hydrogens is 212 g/mol. The van der Waals surface area contributed by atoms with E-state index >= 15 is 0 Å². The fraction of sp³-hybridized carbons (Fsp3) is 0.267. The van der Waals surface area contributed by atoms with Gasteiger partial charge in [0.2, 0.25) is 0 Å². The minimum absolute atomic E-state index is 0.590. The third-order valence-corrected chi connectivity index (χ3v) is 2.30. The van der Waals surface area contributed by atoms with Crippen LogP contribution in [0.4, 0.5) is 0 Å². The second-order valence-corrected chi connectivity index (χ2v) is 4.11. The van der Waals surface area contributed by atoms with E-state index in [1.807, 2.05) is 45.0 Å². The number of carbonyl (C=O) groups is 1. The van der Waals surface area contributed by atoms with E-state index in [4.69, 9.17) is 4.74 Å². The summed E-state index contributed by atoms with van der Waals surface area (Å²) in [6.07, 6.45) is 6.08. The standard InChI is InChI=1S/C15H18O2/c1-12(2)8-10-17-15-7-6-14(5-4-9-16)11-13(15)3/h4-9,11H,10H2,1-3H3/b5-4+. The molecule has 0 N–H and O–H groups in total. The van der Waals surface area contributed by atoms with Crippen molar-refractivity contribution in [2.45, 2.75) is 20.8 Å². The molecule has 1 aromatic carbocycles. The van der Waals surface area contributed by atoms with Gasteiger partial charge in [0.05, 0.1) is 0 Å². The quantitative estimate of drug-likeness (QED) is 0.439. The second kappa shape index (κ2) is 6.69. The first-order chi connectivity index (χ1) is 8.13. The van der Waals surface area contributed by atoms with Crippen molar-refractivity contribution in [1.82, 2.24) is 0 Å². The molecule has 1 rings (SSSR count). The molecule has 0 aromatic heterocycles. The van der Waals surface area contributed by atoms with Crippen LogP contribution in [0.2, 0.25) is 0 Å². The Bertz CT molecular complexity index is 438. The zero-order valence-corrected chi connectivity index (χ0v) is 10.6. The Morgan fingerprint density at radius 2 is 2.12 bits per heavy atom. The van der Waals surface area contributed by atoms with E-state index in [1.165, 1.54) is 11.6 Å². The summed E-state index contributed by atoms with van der Waals surface area (Å²) in [6, 6.07) is 5.86. The van der Waals surface area contributed by atoms with Gasteiger partial charge in [-0.05, 0) is 56.2 Å². The number of carbonyl (C=O) groups excluding carboxylic acids is 1. The molecule has 0 heterocycles. The van der Waals surface area contributed by atoms with Gasteiger partial charge in [-0.2, -0.15) is 0 Å². The molecule has 0 saturated heterocycles. The summed E-state index contributed by atoms with van der Waals surface area (Å²) < 4.78 is 5.64. The summed E-state index contributed by atoms with van der Waals surface area (Å²) in [6.45, 7) is 6.68. The van der Waals surface area contributed by atoms with Gasteiger partial charge in [-0.25, -0.2) is 0 Å². The van der Waals surface area contributed by atoms with E-state index in [2.05, 4.69) is 0 Å². The first-order valence-electron chi connectivity index (χ1n) is 5.62. The number of aryl methyl sites for hydroxylation is 1. The molecule has 0 saturated carbocycles. The van der Waals surface area contributed by atoms with Gasteiger partial charge in [-0.15, -0.1) is 0 Å². The first-order valence-corrected chi connectivity index (χ1v) is 5.62. The molecule has 0 aliphatic carbocycles. The maximum Gasteiger partial charge on any atom is 0.142 e. The highest BCUT2D eigenvalue weighted by Crippen LogP contribution is 2.19.